The molecule has 0 aromatic heterocycles. The van der Waals surface area contributed by atoms with Crippen molar-refractivity contribution in [2.75, 3.05) is 40.4 Å². The van der Waals surface area contributed by atoms with E-state index in [1.165, 1.54) is 20.9 Å². The van der Waals surface area contributed by atoms with Crippen LogP contribution in [-0.4, -0.2) is 57.9 Å². The van der Waals surface area contributed by atoms with Crippen molar-refractivity contribution in [3.8, 4) is 17.6 Å². The molecule has 3 N–H and O–H groups in total. The Balaban J connectivity index is 1.95. The lowest BCUT2D eigenvalue weighted by Gasteiger charge is -2.35. The first-order valence-corrected chi connectivity index (χ1v) is 10.8. The number of nitriles is 1. The van der Waals surface area contributed by atoms with Gasteiger partial charge >= 0.3 is 0 Å². The lowest BCUT2D eigenvalue weighted by molar-refractivity contribution is -1.02. The number of methoxy groups -OCH3 is 2. The lowest BCUT2D eigenvalue weighted by Crippen LogP contribution is -3.29. The monoisotopic (exact) mass is 418 g/mol. The number of hydrogen-bond acceptors (Lipinski definition) is 4. The average Bonchev–Trinajstić information content (AvgIpc) is 2.74. The van der Waals surface area contributed by atoms with Crippen molar-refractivity contribution in [3.05, 3.63) is 23.3 Å². The van der Waals surface area contributed by atoms with Crippen LogP contribution in [-0.2, 0) is 11.3 Å². The van der Waals surface area contributed by atoms with Crippen molar-refractivity contribution in [2.45, 2.75) is 52.7 Å². The Morgan fingerprint density at radius 3 is 2.23 bits per heavy atom. The molecule has 2 rings (SSSR count). The van der Waals surface area contributed by atoms with E-state index in [-0.39, 0.29) is 17.9 Å². The molecular weight excluding hydrogens is 380 g/mol. The molecule has 30 heavy (non-hydrogen) atoms. The molecule has 0 unspecified atom stereocenters. The first-order chi connectivity index (χ1) is 14.1. The van der Waals surface area contributed by atoms with Gasteiger partial charge in [0.25, 0.3) is 5.91 Å². The van der Waals surface area contributed by atoms with Gasteiger partial charge in [-0.1, -0.05) is 13.8 Å². The summed E-state index contributed by atoms with van der Waals surface area (Å²) in [5, 5.41) is 12.4. The molecule has 0 spiro atoms. The second-order valence-corrected chi connectivity index (χ2v) is 8.90. The number of amides is 1. The Labute approximate surface area is 180 Å². The first-order valence-electron chi connectivity index (χ1n) is 10.8. The van der Waals surface area contributed by atoms with Crippen LogP contribution in [0.15, 0.2) is 12.1 Å². The van der Waals surface area contributed by atoms with Crippen LogP contribution >= 0.6 is 0 Å². The number of hydrogen-bond donors (Lipinski definition) is 3. The Morgan fingerprint density at radius 1 is 1.17 bits per heavy atom. The molecular formula is C23H38N4O3+2. The highest BCUT2D eigenvalue weighted by atomic mass is 16.5. The third kappa shape index (κ3) is 5.44. The fraction of sp³-hybridized carbons (Fsp3) is 0.652. The Bertz CT molecular complexity index is 781. The third-order valence-electron chi connectivity index (χ3n) is 6.66. The number of carbonyl (C=O) groups is 1. The van der Waals surface area contributed by atoms with E-state index in [1.807, 2.05) is 26.8 Å². The van der Waals surface area contributed by atoms with Gasteiger partial charge in [0.1, 0.15) is 38.3 Å². The van der Waals surface area contributed by atoms with Gasteiger partial charge in [0.05, 0.1) is 20.3 Å². The molecule has 1 aliphatic heterocycles. The van der Waals surface area contributed by atoms with Gasteiger partial charge in [0.2, 0.25) is 0 Å². The molecule has 1 saturated heterocycles. The highest BCUT2D eigenvalue weighted by molar-refractivity contribution is 5.81. The van der Waals surface area contributed by atoms with Gasteiger partial charge in [-0.2, -0.15) is 5.26 Å². The molecule has 1 aliphatic rings. The van der Waals surface area contributed by atoms with Crippen molar-refractivity contribution < 1.29 is 24.1 Å². The van der Waals surface area contributed by atoms with Crippen LogP contribution in [0.1, 0.15) is 38.8 Å². The molecule has 1 heterocycles. The Hall–Kier alpha value is -2.30. The van der Waals surface area contributed by atoms with Gasteiger partial charge in [-0.3, -0.25) is 4.79 Å². The highest BCUT2D eigenvalue weighted by Crippen LogP contribution is 2.29. The van der Waals surface area contributed by atoms with Gasteiger partial charge in [-0.25, -0.2) is 0 Å². The van der Waals surface area contributed by atoms with E-state index in [0.29, 0.717) is 0 Å². The molecule has 2 atom stereocenters. The topological polar surface area (TPSA) is 80.2 Å². The number of nitrogens with one attached hydrogen (secondary N) is 3. The predicted molar refractivity (Wildman–Crippen MR) is 116 cm³/mol. The fourth-order valence-electron chi connectivity index (χ4n) is 3.87. The summed E-state index contributed by atoms with van der Waals surface area (Å²) >= 11 is 0. The van der Waals surface area contributed by atoms with Crippen molar-refractivity contribution >= 4 is 5.91 Å². The van der Waals surface area contributed by atoms with Crippen molar-refractivity contribution in [1.29, 1.82) is 5.26 Å². The number of piperazine rings is 1. The second-order valence-electron chi connectivity index (χ2n) is 8.90. The zero-order valence-electron chi connectivity index (χ0n) is 19.5. The largest absolute Gasteiger partial charge is 0.493 e. The number of nitrogens with zero attached hydrogens (tertiary/aromatic N) is 1. The van der Waals surface area contributed by atoms with E-state index in [0.717, 1.165) is 44.2 Å². The quantitative estimate of drug-likeness (QED) is 0.543. The lowest BCUT2D eigenvalue weighted by atomic mass is 9.89. The van der Waals surface area contributed by atoms with Gasteiger partial charge in [-0.15, -0.1) is 0 Å². The molecule has 1 aromatic carbocycles. The summed E-state index contributed by atoms with van der Waals surface area (Å²) in [6, 6.07) is 6.20. The van der Waals surface area contributed by atoms with E-state index in [1.54, 1.807) is 21.1 Å². The Morgan fingerprint density at radius 2 is 1.73 bits per heavy atom. The van der Waals surface area contributed by atoms with Gasteiger partial charge in [0, 0.05) is 5.56 Å². The van der Waals surface area contributed by atoms with E-state index >= 15 is 0 Å². The minimum absolute atomic E-state index is 0.0399. The summed E-state index contributed by atoms with van der Waals surface area (Å²) in [5.41, 5.74) is 1.63. The normalized spacial score (nSPS) is 22.0. The SMILES string of the molecule is COc1cc(C)c(C[NH+]2CC[NH+]([C@@H](C)C(=O)N[C@](C)(C#N)C(C)C)CC2)cc1OC. The molecule has 0 radical (unpaired) electrons. The average molecular weight is 419 g/mol. The number of rotatable bonds is 8. The first kappa shape index (κ1) is 24.0. The summed E-state index contributed by atoms with van der Waals surface area (Å²) in [6.07, 6.45) is 0. The van der Waals surface area contributed by atoms with Gasteiger partial charge < -0.3 is 24.6 Å². The predicted octanol–water partition coefficient (Wildman–Crippen LogP) is -0.261. The highest BCUT2D eigenvalue weighted by Gasteiger charge is 2.36. The fourth-order valence-corrected chi connectivity index (χ4v) is 3.87. The number of benzene rings is 1. The molecule has 0 aliphatic carbocycles. The maximum absolute atomic E-state index is 12.8. The maximum Gasteiger partial charge on any atom is 0.279 e. The zero-order valence-corrected chi connectivity index (χ0v) is 19.5. The van der Waals surface area contributed by atoms with Gasteiger partial charge in [-0.05, 0) is 44.4 Å². The molecule has 166 valence electrons. The van der Waals surface area contributed by atoms with E-state index in [9.17, 15) is 10.1 Å². The van der Waals surface area contributed by atoms with Crippen molar-refractivity contribution in [1.82, 2.24) is 5.32 Å². The molecule has 0 saturated carbocycles. The second kappa shape index (κ2) is 10.1. The maximum atomic E-state index is 12.8. The van der Waals surface area contributed by atoms with Crippen LogP contribution in [0.3, 0.4) is 0 Å². The smallest absolute Gasteiger partial charge is 0.279 e. The van der Waals surface area contributed by atoms with E-state index in [2.05, 4.69) is 24.4 Å². The molecule has 1 fully saturated rings. The minimum atomic E-state index is -0.831. The van der Waals surface area contributed by atoms with Crippen LogP contribution in [0.2, 0.25) is 0 Å². The standard InChI is InChI=1S/C23H36N4O3/c1-16(2)23(5,15-24)25-22(28)18(4)27-10-8-26(9-11-27)14-19-13-21(30-7)20(29-6)12-17(19)3/h12-13,16,18H,8-11,14H2,1-7H3,(H,25,28)/p+2/t18-,23+/m0/s1. The zero-order chi connectivity index (χ0) is 22.5. The van der Waals surface area contributed by atoms with Crippen LogP contribution in [0, 0.1) is 24.2 Å². The molecule has 7 heteroatoms. The molecule has 1 amide bonds. The van der Waals surface area contributed by atoms with Gasteiger partial charge in [0.15, 0.2) is 17.5 Å². The molecule has 7 nitrogen and oxygen atoms in total. The summed E-state index contributed by atoms with van der Waals surface area (Å²) in [7, 11) is 3.32. The summed E-state index contributed by atoms with van der Waals surface area (Å²) in [4.78, 5) is 15.5. The number of ether oxygens (including phenoxy) is 2. The molecule has 0 bridgehead atoms. The summed E-state index contributed by atoms with van der Waals surface area (Å²) < 4.78 is 10.8. The van der Waals surface area contributed by atoms with Crippen molar-refractivity contribution in [2.24, 2.45) is 5.92 Å². The van der Waals surface area contributed by atoms with E-state index in [4.69, 9.17) is 9.47 Å². The summed E-state index contributed by atoms with van der Waals surface area (Å²) in [6.45, 7) is 14.6. The van der Waals surface area contributed by atoms with E-state index < -0.39 is 5.54 Å². The van der Waals surface area contributed by atoms with Crippen LogP contribution in [0.5, 0.6) is 11.5 Å². The van der Waals surface area contributed by atoms with Crippen LogP contribution in [0.25, 0.3) is 0 Å². The number of carbonyl (C=O) groups excluding carboxylic acids is 1. The Kier molecular flexibility index (Phi) is 8.10. The third-order valence-corrected chi connectivity index (χ3v) is 6.66. The van der Waals surface area contributed by atoms with Crippen LogP contribution < -0.4 is 24.6 Å². The summed E-state index contributed by atoms with van der Waals surface area (Å²) in [5.74, 6) is 1.54. The number of aryl methyl sites for hydroxylation is 1. The minimum Gasteiger partial charge on any atom is -0.493 e. The number of quaternary nitrogens is 2. The molecule has 1 aromatic rings. The van der Waals surface area contributed by atoms with Crippen molar-refractivity contribution in [3.63, 3.8) is 0 Å². The van der Waals surface area contributed by atoms with Crippen LogP contribution in [0.4, 0.5) is 0 Å².